The van der Waals surface area contributed by atoms with Gasteiger partial charge in [0, 0.05) is 31.7 Å². The lowest BCUT2D eigenvalue weighted by molar-refractivity contribution is -0.0174. The highest BCUT2D eigenvalue weighted by atomic mass is 19.1. The van der Waals surface area contributed by atoms with E-state index in [4.69, 9.17) is 4.74 Å². The van der Waals surface area contributed by atoms with Gasteiger partial charge in [-0.1, -0.05) is 12.1 Å². The van der Waals surface area contributed by atoms with Crippen molar-refractivity contribution in [2.24, 2.45) is 4.99 Å². The topological polar surface area (TPSA) is 48.9 Å². The Morgan fingerprint density at radius 2 is 2.24 bits per heavy atom. The summed E-state index contributed by atoms with van der Waals surface area (Å²) < 4.78 is 18.9. The minimum absolute atomic E-state index is 0.175. The molecule has 5 nitrogen and oxygen atoms in total. The first-order chi connectivity index (χ1) is 12.0. The van der Waals surface area contributed by atoms with E-state index in [9.17, 15) is 4.39 Å². The summed E-state index contributed by atoms with van der Waals surface area (Å²) in [6, 6.07) is 5.97. The second-order valence-electron chi connectivity index (χ2n) is 6.67. The third-order valence-electron chi connectivity index (χ3n) is 4.54. The molecule has 0 saturated carbocycles. The quantitative estimate of drug-likeness (QED) is 0.611. The molecule has 0 aliphatic carbocycles. The van der Waals surface area contributed by atoms with E-state index in [1.54, 1.807) is 13.0 Å². The molecular formula is C19H31FN4O. The van der Waals surface area contributed by atoms with Gasteiger partial charge in [0.2, 0.25) is 0 Å². The van der Waals surface area contributed by atoms with Gasteiger partial charge in [-0.05, 0) is 44.9 Å². The van der Waals surface area contributed by atoms with Gasteiger partial charge >= 0.3 is 0 Å². The molecule has 1 saturated heterocycles. The number of nitrogens with zero attached hydrogens (tertiary/aromatic N) is 2. The van der Waals surface area contributed by atoms with E-state index in [1.807, 2.05) is 13.0 Å². The van der Waals surface area contributed by atoms with Crippen LogP contribution in [-0.4, -0.2) is 55.8 Å². The summed E-state index contributed by atoms with van der Waals surface area (Å²) in [7, 11) is 0. The smallest absolute Gasteiger partial charge is 0.191 e. The molecule has 25 heavy (non-hydrogen) atoms. The Bertz CT molecular complexity index is 579. The van der Waals surface area contributed by atoms with E-state index >= 15 is 0 Å². The van der Waals surface area contributed by atoms with Gasteiger partial charge in [0.25, 0.3) is 0 Å². The summed E-state index contributed by atoms with van der Waals surface area (Å²) >= 11 is 0. The van der Waals surface area contributed by atoms with Crippen LogP contribution in [0.15, 0.2) is 23.2 Å². The summed E-state index contributed by atoms with van der Waals surface area (Å²) in [5.74, 6) is 0.614. The molecule has 1 aromatic rings. The molecule has 2 atom stereocenters. The molecule has 2 rings (SSSR count). The van der Waals surface area contributed by atoms with Crippen molar-refractivity contribution in [2.45, 2.75) is 46.3 Å². The lowest BCUT2D eigenvalue weighted by Crippen LogP contribution is -2.53. The Kier molecular flexibility index (Phi) is 7.65. The molecule has 0 radical (unpaired) electrons. The first kappa shape index (κ1) is 19.7. The van der Waals surface area contributed by atoms with Gasteiger partial charge in [-0.2, -0.15) is 0 Å². The highest BCUT2D eigenvalue weighted by molar-refractivity contribution is 5.79. The normalized spacial score (nSPS) is 20.4. The number of ether oxygens (including phenoxy) is 1. The fourth-order valence-corrected chi connectivity index (χ4v) is 3.07. The highest BCUT2D eigenvalue weighted by Crippen LogP contribution is 2.11. The molecule has 1 aromatic carbocycles. The van der Waals surface area contributed by atoms with Crippen molar-refractivity contribution >= 4 is 5.96 Å². The summed E-state index contributed by atoms with van der Waals surface area (Å²) in [6.45, 7) is 13.0. The molecule has 1 fully saturated rings. The molecule has 1 aliphatic heterocycles. The SMILES string of the molecule is CCNC(=NCc1ccc(F)c(C)c1)NCC(C)N1CCOCC1C. The summed E-state index contributed by atoms with van der Waals surface area (Å²) in [4.78, 5) is 7.08. The van der Waals surface area contributed by atoms with Crippen LogP contribution in [0.25, 0.3) is 0 Å². The average molecular weight is 350 g/mol. The van der Waals surface area contributed by atoms with E-state index in [2.05, 4.69) is 34.4 Å². The van der Waals surface area contributed by atoms with E-state index in [0.717, 1.165) is 44.4 Å². The van der Waals surface area contributed by atoms with Gasteiger partial charge in [0.05, 0.1) is 19.8 Å². The van der Waals surface area contributed by atoms with E-state index in [-0.39, 0.29) is 5.82 Å². The Morgan fingerprint density at radius 1 is 1.44 bits per heavy atom. The van der Waals surface area contributed by atoms with Gasteiger partial charge in [0.15, 0.2) is 5.96 Å². The first-order valence-corrected chi connectivity index (χ1v) is 9.12. The van der Waals surface area contributed by atoms with Gasteiger partial charge in [-0.25, -0.2) is 9.38 Å². The zero-order chi connectivity index (χ0) is 18.2. The predicted molar refractivity (Wildman–Crippen MR) is 100 cm³/mol. The fourth-order valence-electron chi connectivity index (χ4n) is 3.07. The van der Waals surface area contributed by atoms with Crippen molar-refractivity contribution < 1.29 is 9.13 Å². The molecule has 1 aliphatic rings. The average Bonchev–Trinajstić information content (AvgIpc) is 2.60. The molecule has 0 aromatic heterocycles. The molecule has 6 heteroatoms. The van der Waals surface area contributed by atoms with Crippen LogP contribution in [0.4, 0.5) is 4.39 Å². The maximum Gasteiger partial charge on any atom is 0.191 e. The number of hydrogen-bond acceptors (Lipinski definition) is 3. The third-order valence-corrected chi connectivity index (χ3v) is 4.54. The molecule has 0 amide bonds. The fraction of sp³-hybridized carbons (Fsp3) is 0.632. The van der Waals surface area contributed by atoms with Crippen LogP contribution >= 0.6 is 0 Å². The number of rotatable bonds is 6. The molecule has 1 heterocycles. The Labute approximate surface area is 150 Å². The van der Waals surface area contributed by atoms with Crippen molar-refractivity contribution in [3.05, 3.63) is 35.1 Å². The number of halogens is 1. The number of aryl methyl sites for hydroxylation is 1. The van der Waals surface area contributed by atoms with Crippen LogP contribution < -0.4 is 10.6 Å². The number of guanidine groups is 1. The number of hydrogen-bond donors (Lipinski definition) is 2. The predicted octanol–water partition coefficient (Wildman–Crippen LogP) is 2.30. The summed E-state index contributed by atoms with van der Waals surface area (Å²) in [5.41, 5.74) is 1.66. The molecule has 140 valence electrons. The molecule has 2 N–H and O–H groups in total. The second-order valence-corrected chi connectivity index (χ2v) is 6.67. The van der Waals surface area contributed by atoms with E-state index in [0.29, 0.717) is 24.2 Å². The van der Waals surface area contributed by atoms with Crippen LogP contribution in [0.3, 0.4) is 0 Å². The lowest BCUT2D eigenvalue weighted by Gasteiger charge is -2.38. The molecular weight excluding hydrogens is 319 g/mol. The largest absolute Gasteiger partial charge is 0.379 e. The van der Waals surface area contributed by atoms with Crippen LogP contribution in [0.5, 0.6) is 0 Å². The maximum absolute atomic E-state index is 13.4. The van der Waals surface area contributed by atoms with Crippen LogP contribution in [0, 0.1) is 12.7 Å². The van der Waals surface area contributed by atoms with Crippen LogP contribution in [0.1, 0.15) is 31.9 Å². The maximum atomic E-state index is 13.4. The minimum Gasteiger partial charge on any atom is -0.379 e. The minimum atomic E-state index is -0.175. The lowest BCUT2D eigenvalue weighted by atomic mass is 10.1. The molecule has 2 unspecified atom stereocenters. The van der Waals surface area contributed by atoms with Gasteiger partial charge in [0.1, 0.15) is 5.82 Å². The molecule has 0 spiro atoms. The number of morpholine rings is 1. The highest BCUT2D eigenvalue weighted by Gasteiger charge is 2.23. The number of nitrogens with one attached hydrogen (secondary N) is 2. The summed E-state index contributed by atoms with van der Waals surface area (Å²) in [5, 5.41) is 6.69. The van der Waals surface area contributed by atoms with Crippen molar-refractivity contribution in [2.75, 3.05) is 32.8 Å². The molecule has 0 bridgehead atoms. The van der Waals surface area contributed by atoms with Gasteiger partial charge < -0.3 is 15.4 Å². The van der Waals surface area contributed by atoms with Crippen molar-refractivity contribution in [3.63, 3.8) is 0 Å². The monoisotopic (exact) mass is 350 g/mol. The van der Waals surface area contributed by atoms with Crippen LogP contribution in [-0.2, 0) is 11.3 Å². The third kappa shape index (κ3) is 5.97. The Balaban J connectivity index is 1.91. The van der Waals surface area contributed by atoms with E-state index < -0.39 is 0 Å². The van der Waals surface area contributed by atoms with Gasteiger partial charge in [-0.3, -0.25) is 4.90 Å². The second kappa shape index (κ2) is 9.73. The first-order valence-electron chi connectivity index (χ1n) is 9.12. The Hall–Kier alpha value is -1.66. The summed E-state index contributed by atoms with van der Waals surface area (Å²) in [6.07, 6.45) is 0. The van der Waals surface area contributed by atoms with Crippen molar-refractivity contribution in [3.8, 4) is 0 Å². The van der Waals surface area contributed by atoms with E-state index in [1.165, 1.54) is 6.07 Å². The van der Waals surface area contributed by atoms with Crippen LogP contribution in [0.2, 0.25) is 0 Å². The zero-order valence-corrected chi connectivity index (χ0v) is 15.8. The number of benzene rings is 1. The number of aliphatic imine (C=N–C) groups is 1. The van der Waals surface area contributed by atoms with Crippen molar-refractivity contribution in [1.29, 1.82) is 0 Å². The van der Waals surface area contributed by atoms with Crippen molar-refractivity contribution in [1.82, 2.24) is 15.5 Å². The van der Waals surface area contributed by atoms with Gasteiger partial charge in [-0.15, -0.1) is 0 Å². The Morgan fingerprint density at radius 3 is 2.92 bits per heavy atom. The standard InChI is InChI=1S/C19H31FN4O/c1-5-21-19(23-12-17-6-7-18(20)14(2)10-17)22-11-15(3)24-8-9-25-13-16(24)4/h6-7,10,15-16H,5,8-9,11-13H2,1-4H3,(H2,21,22,23). The zero-order valence-electron chi connectivity index (χ0n) is 15.8.